The molecule has 0 saturated heterocycles. The average molecular weight is 282 g/mol. The molecule has 0 aromatic rings. The fourth-order valence-electron chi connectivity index (χ4n) is 2.32. The number of hydrogen-bond acceptors (Lipinski definition) is 1. The van der Waals surface area contributed by atoms with E-state index in [0.717, 1.165) is 12.3 Å². The van der Waals surface area contributed by atoms with Crippen molar-refractivity contribution in [3.8, 4) is 0 Å². The van der Waals surface area contributed by atoms with E-state index in [4.69, 9.17) is 5.11 Å². The monoisotopic (exact) mass is 282 g/mol. The molecule has 0 aromatic carbocycles. The van der Waals surface area contributed by atoms with Crippen LogP contribution in [0.2, 0.25) is 0 Å². The fourth-order valence-corrected chi connectivity index (χ4v) is 2.32. The summed E-state index contributed by atoms with van der Waals surface area (Å²) in [5, 5.41) is 8.48. The maximum atomic E-state index is 10.3. The molecule has 0 aromatic heterocycles. The van der Waals surface area contributed by atoms with Gasteiger partial charge in [-0.15, -0.1) is 0 Å². The smallest absolute Gasteiger partial charge is 0.303 e. The molecule has 0 saturated carbocycles. The van der Waals surface area contributed by atoms with E-state index in [9.17, 15) is 4.79 Å². The number of hydrogen-bond donors (Lipinski definition) is 1. The molecule has 0 amide bonds. The molecule has 0 spiro atoms. The van der Waals surface area contributed by atoms with Gasteiger partial charge in [0.05, 0.1) is 0 Å². The number of aliphatic carboxylic acids is 1. The van der Waals surface area contributed by atoms with Crippen LogP contribution in [0, 0.1) is 5.92 Å². The third-order valence-corrected chi connectivity index (χ3v) is 3.59. The van der Waals surface area contributed by atoms with E-state index in [1.807, 2.05) is 6.08 Å². The van der Waals surface area contributed by atoms with Crippen LogP contribution in [0.1, 0.15) is 90.9 Å². The lowest BCUT2D eigenvalue weighted by Gasteiger charge is -2.04. The zero-order valence-corrected chi connectivity index (χ0v) is 13.6. The lowest BCUT2D eigenvalue weighted by Crippen LogP contribution is -1.91. The first kappa shape index (κ1) is 19.2. The van der Waals surface area contributed by atoms with Crippen LogP contribution in [-0.4, -0.2) is 11.1 Å². The Kier molecular flexibility index (Phi) is 14.0. The lowest BCUT2D eigenvalue weighted by atomic mass is 10.0. The summed E-state index contributed by atoms with van der Waals surface area (Å²) in [4.78, 5) is 10.3. The number of carboxylic acids is 1. The van der Waals surface area contributed by atoms with Crippen molar-refractivity contribution in [2.45, 2.75) is 90.9 Å². The van der Waals surface area contributed by atoms with Crippen LogP contribution in [0.15, 0.2) is 12.2 Å². The summed E-state index contributed by atoms with van der Waals surface area (Å²) in [5.74, 6) is 0.154. The van der Waals surface area contributed by atoms with Gasteiger partial charge in [0.2, 0.25) is 0 Å². The molecule has 20 heavy (non-hydrogen) atoms. The lowest BCUT2D eigenvalue weighted by molar-refractivity contribution is -0.136. The summed E-state index contributed by atoms with van der Waals surface area (Å²) >= 11 is 0. The largest absolute Gasteiger partial charge is 0.481 e. The second-order valence-corrected chi connectivity index (χ2v) is 6.20. The second-order valence-electron chi connectivity index (χ2n) is 6.20. The summed E-state index contributed by atoms with van der Waals surface area (Å²) in [6.45, 7) is 4.60. The molecule has 0 aliphatic rings. The Balaban J connectivity index is 3.08. The van der Waals surface area contributed by atoms with Gasteiger partial charge in [0.15, 0.2) is 0 Å². The zero-order valence-electron chi connectivity index (χ0n) is 13.6. The Morgan fingerprint density at radius 2 is 1.35 bits per heavy atom. The van der Waals surface area contributed by atoms with Crippen molar-refractivity contribution in [1.29, 1.82) is 0 Å². The van der Waals surface area contributed by atoms with Crippen molar-refractivity contribution in [1.82, 2.24) is 0 Å². The van der Waals surface area contributed by atoms with Crippen LogP contribution in [-0.2, 0) is 4.79 Å². The van der Waals surface area contributed by atoms with Gasteiger partial charge >= 0.3 is 5.97 Å². The van der Waals surface area contributed by atoms with Gasteiger partial charge in [-0.25, -0.2) is 0 Å². The van der Waals surface area contributed by atoms with Crippen LogP contribution in [0.25, 0.3) is 0 Å². The molecule has 0 aliphatic carbocycles. The van der Waals surface area contributed by atoms with Crippen molar-refractivity contribution >= 4 is 5.97 Å². The van der Waals surface area contributed by atoms with E-state index in [1.54, 1.807) is 0 Å². The zero-order chi connectivity index (χ0) is 15.1. The van der Waals surface area contributed by atoms with Gasteiger partial charge in [-0.1, -0.05) is 77.4 Å². The van der Waals surface area contributed by atoms with Crippen molar-refractivity contribution < 1.29 is 9.90 Å². The SMILES string of the molecule is CC(C)CCCCCCCCCCC=CCCC(=O)O. The topological polar surface area (TPSA) is 37.3 Å². The summed E-state index contributed by atoms with van der Waals surface area (Å²) < 4.78 is 0. The minimum Gasteiger partial charge on any atom is -0.481 e. The highest BCUT2D eigenvalue weighted by Gasteiger charge is 1.95. The Bertz CT molecular complexity index is 244. The first-order chi connectivity index (χ1) is 9.63. The van der Waals surface area contributed by atoms with Gasteiger partial charge in [0.1, 0.15) is 0 Å². The van der Waals surface area contributed by atoms with Gasteiger partial charge in [-0.3, -0.25) is 4.79 Å². The Labute approximate surface area is 125 Å². The number of allylic oxidation sites excluding steroid dienone is 2. The third kappa shape index (κ3) is 17.2. The highest BCUT2D eigenvalue weighted by Crippen LogP contribution is 2.13. The predicted molar refractivity (Wildman–Crippen MR) is 87.0 cm³/mol. The molecular weight excluding hydrogens is 248 g/mol. The van der Waals surface area contributed by atoms with E-state index >= 15 is 0 Å². The van der Waals surface area contributed by atoms with Gasteiger partial charge in [0, 0.05) is 6.42 Å². The molecule has 118 valence electrons. The quantitative estimate of drug-likeness (QED) is 0.315. The second kappa shape index (κ2) is 14.6. The van der Waals surface area contributed by atoms with Crippen LogP contribution < -0.4 is 0 Å². The summed E-state index contributed by atoms with van der Waals surface area (Å²) in [7, 11) is 0. The van der Waals surface area contributed by atoms with Gasteiger partial charge < -0.3 is 5.11 Å². The molecule has 0 fully saturated rings. The molecule has 0 unspecified atom stereocenters. The molecule has 0 aliphatic heterocycles. The fraction of sp³-hybridized carbons (Fsp3) is 0.833. The highest BCUT2D eigenvalue weighted by molar-refractivity contribution is 5.66. The number of carbonyl (C=O) groups is 1. The molecule has 1 N–H and O–H groups in total. The standard InChI is InChI=1S/C18H34O2/c1-17(2)15-13-11-9-7-5-3-4-6-8-10-12-14-16-18(19)20/h10,12,17H,3-9,11,13-16H2,1-2H3,(H,19,20). The van der Waals surface area contributed by atoms with Gasteiger partial charge in [-0.05, 0) is 25.2 Å². The molecule has 0 rings (SSSR count). The third-order valence-electron chi connectivity index (χ3n) is 3.59. The van der Waals surface area contributed by atoms with Gasteiger partial charge in [-0.2, -0.15) is 0 Å². The Morgan fingerprint density at radius 3 is 1.90 bits per heavy atom. The van der Waals surface area contributed by atoms with E-state index in [0.29, 0.717) is 6.42 Å². The minimum atomic E-state index is -0.706. The molecule has 2 nitrogen and oxygen atoms in total. The van der Waals surface area contributed by atoms with E-state index in [1.165, 1.54) is 57.8 Å². The number of unbranched alkanes of at least 4 members (excludes halogenated alkanes) is 8. The number of rotatable bonds is 14. The predicted octanol–water partition coefficient (Wildman–Crippen LogP) is 5.96. The van der Waals surface area contributed by atoms with Gasteiger partial charge in [0.25, 0.3) is 0 Å². The van der Waals surface area contributed by atoms with E-state index in [-0.39, 0.29) is 6.42 Å². The highest BCUT2D eigenvalue weighted by atomic mass is 16.4. The summed E-state index contributed by atoms with van der Waals surface area (Å²) in [6, 6.07) is 0. The van der Waals surface area contributed by atoms with Crippen molar-refractivity contribution in [3.63, 3.8) is 0 Å². The molecule has 0 bridgehead atoms. The van der Waals surface area contributed by atoms with Crippen molar-refractivity contribution in [2.75, 3.05) is 0 Å². The summed E-state index contributed by atoms with van der Waals surface area (Å²) in [6.07, 6.45) is 18.5. The first-order valence-corrected chi connectivity index (χ1v) is 8.49. The molecule has 0 atom stereocenters. The van der Waals surface area contributed by atoms with E-state index in [2.05, 4.69) is 19.9 Å². The maximum absolute atomic E-state index is 10.3. The molecule has 0 heterocycles. The van der Waals surface area contributed by atoms with Crippen LogP contribution in [0.3, 0.4) is 0 Å². The summed E-state index contributed by atoms with van der Waals surface area (Å²) in [5.41, 5.74) is 0. The van der Waals surface area contributed by atoms with Crippen LogP contribution >= 0.6 is 0 Å². The van der Waals surface area contributed by atoms with Crippen LogP contribution in [0.4, 0.5) is 0 Å². The van der Waals surface area contributed by atoms with Crippen molar-refractivity contribution in [3.05, 3.63) is 12.2 Å². The Morgan fingerprint density at radius 1 is 0.850 bits per heavy atom. The first-order valence-electron chi connectivity index (χ1n) is 8.49. The normalized spacial score (nSPS) is 11.6. The molecule has 2 heteroatoms. The minimum absolute atomic E-state index is 0.257. The number of carboxylic acid groups (broad SMARTS) is 1. The molecule has 0 radical (unpaired) electrons. The van der Waals surface area contributed by atoms with Crippen LogP contribution in [0.5, 0.6) is 0 Å². The molecular formula is C18H34O2. The van der Waals surface area contributed by atoms with E-state index < -0.39 is 5.97 Å². The maximum Gasteiger partial charge on any atom is 0.303 e. The van der Waals surface area contributed by atoms with Crippen molar-refractivity contribution in [2.24, 2.45) is 5.92 Å². The average Bonchev–Trinajstić information content (AvgIpc) is 2.38. The Hall–Kier alpha value is -0.790.